The normalized spacial score (nSPS) is 13.3. The van der Waals surface area contributed by atoms with Crippen molar-refractivity contribution in [2.24, 2.45) is 0 Å². The molecule has 0 saturated heterocycles. The van der Waals surface area contributed by atoms with Gasteiger partial charge in [0.05, 0.1) is 11.4 Å². The minimum Gasteiger partial charge on any atom is -0.325 e. The van der Waals surface area contributed by atoms with Gasteiger partial charge in [-0.25, -0.2) is 13.4 Å². The number of hydrogen-bond acceptors (Lipinski definition) is 4. The zero-order valence-corrected chi connectivity index (χ0v) is 15.3. The van der Waals surface area contributed by atoms with Crippen LogP contribution in [-0.4, -0.2) is 41.0 Å². The van der Waals surface area contributed by atoms with E-state index in [0.29, 0.717) is 0 Å². The molecule has 0 bridgehead atoms. The molecular formula is C14H13F6N3O2S2. The Morgan fingerprint density at radius 3 is 2.22 bits per heavy atom. The van der Waals surface area contributed by atoms with Crippen molar-refractivity contribution in [3.05, 3.63) is 42.5 Å². The highest BCUT2D eigenvalue weighted by atomic mass is 32.2. The number of aromatic nitrogens is 2. The molecule has 27 heavy (non-hydrogen) atoms. The molecule has 1 heterocycles. The first-order valence-electron chi connectivity index (χ1n) is 7.17. The molecule has 0 unspecified atom stereocenters. The molecule has 0 fully saturated rings. The van der Waals surface area contributed by atoms with Crippen molar-refractivity contribution in [2.45, 2.75) is 34.6 Å². The molecule has 13 heteroatoms. The molecule has 0 aliphatic heterocycles. The predicted molar refractivity (Wildman–Crippen MR) is 85.3 cm³/mol. The lowest BCUT2D eigenvalue weighted by atomic mass is 10.4. The van der Waals surface area contributed by atoms with Crippen LogP contribution in [0, 0.1) is 0 Å². The lowest BCUT2D eigenvalue weighted by Crippen LogP contribution is -2.29. The van der Waals surface area contributed by atoms with Gasteiger partial charge < -0.3 is 4.57 Å². The van der Waals surface area contributed by atoms with Gasteiger partial charge in [-0.3, -0.25) is 0 Å². The van der Waals surface area contributed by atoms with Crippen molar-refractivity contribution in [3.8, 4) is 0 Å². The molecular weight excluding hydrogens is 420 g/mol. The number of thioether (sulfide) groups is 1. The summed E-state index contributed by atoms with van der Waals surface area (Å²) in [6, 6.07) is 4.01. The first-order valence-corrected chi connectivity index (χ1v) is 9.42. The minimum atomic E-state index is -4.51. The summed E-state index contributed by atoms with van der Waals surface area (Å²) in [5.74, 6) is -0.123. The third kappa shape index (κ3) is 6.14. The van der Waals surface area contributed by atoms with Gasteiger partial charge in [-0.2, -0.15) is 30.6 Å². The summed E-state index contributed by atoms with van der Waals surface area (Å²) in [7, 11) is -2.99. The van der Waals surface area contributed by atoms with E-state index in [9.17, 15) is 34.8 Å². The van der Waals surface area contributed by atoms with Gasteiger partial charge in [0, 0.05) is 24.3 Å². The van der Waals surface area contributed by atoms with Gasteiger partial charge in [0.25, 0.3) is 0 Å². The van der Waals surface area contributed by atoms with Crippen molar-refractivity contribution in [1.29, 1.82) is 0 Å². The molecule has 0 aliphatic carbocycles. The molecule has 0 atom stereocenters. The molecule has 0 spiro atoms. The van der Waals surface area contributed by atoms with E-state index in [1.165, 1.54) is 0 Å². The molecule has 0 amide bonds. The van der Waals surface area contributed by atoms with Gasteiger partial charge in [-0.1, -0.05) is 0 Å². The van der Waals surface area contributed by atoms with E-state index in [1.807, 2.05) is 0 Å². The molecule has 2 aromatic rings. The molecule has 1 aromatic carbocycles. The number of rotatable bonds is 6. The number of benzene rings is 1. The Balaban J connectivity index is 2.16. The van der Waals surface area contributed by atoms with Gasteiger partial charge in [0.2, 0.25) is 10.0 Å². The van der Waals surface area contributed by atoms with Gasteiger partial charge in [0.15, 0.2) is 0 Å². The van der Waals surface area contributed by atoms with Crippen LogP contribution in [0.1, 0.15) is 5.82 Å². The lowest BCUT2D eigenvalue weighted by molar-refractivity contribution is -0.141. The maximum atomic E-state index is 12.5. The quantitative estimate of drug-likeness (QED) is 0.513. The van der Waals surface area contributed by atoms with E-state index in [0.717, 1.165) is 52.6 Å². The first-order chi connectivity index (χ1) is 12.3. The van der Waals surface area contributed by atoms with Crippen LogP contribution in [0.2, 0.25) is 0 Å². The highest BCUT2D eigenvalue weighted by Crippen LogP contribution is 2.37. The van der Waals surface area contributed by atoms with Crippen molar-refractivity contribution >= 4 is 21.8 Å². The molecule has 2 rings (SSSR count). The van der Waals surface area contributed by atoms with Crippen molar-refractivity contribution in [3.63, 3.8) is 0 Å². The fraction of sp³-hybridized carbons (Fsp3) is 0.357. The molecule has 0 aliphatic rings. The number of hydrogen-bond donors (Lipinski definition) is 0. The van der Waals surface area contributed by atoms with Crippen LogP contribution in [0.15, 0.2) is 46.5 Å². The van der Waals surface area contributed by atoms with Gasteiger partial charge >= 0.3 is 11.7 Å². The number of sulfonamides is 1. The third-order valence-electron chi connectivity index (χ3n) is 3.28. The Hall–Kier alpha value is -1.73. The fourth-order valence-corrected chi connectivity index (χ4v) is 3.77. The number of imidazole rings is 1. The van der Waals surface area contributed by atoms with E-state index < -0.39 is 34.8 Å². The van der Waals surface area contributed by atoms with E-state index in [-0.39, 0.29) is 27.4 Å². The SMILES string of the molecule is CN(Cc1nccn1CC(F)(F)F)S(=O)(=O)c1ccc(SC(F)(F)F)cc1. The van der Waals surface area contributed by atoms with Crippen LogP contribution in [0.25, 0.3) is 0 Å². The van der Waals surface area contributed by atoms with Gasteiger partial charge in [0.1, 0.15) is 12.4 Å². The van der Waals surface area contributed by atoms with Crippen molar-refractivity contribution in [2.75, 3.05) is 7.05 Å². The van der Waals surface area contributed by atoms with E-state index in [2.05, 4.69) is 4.98 Å². The molecule has 0 saturated carbocycles. The maximum Gasteiger partial charge on any atom is 0.446 e. The highest BCUT2D eigenvalue weighted by molar-refractivity contribution is 8.00. The monoisotopic (exact) mass is 433 g/mol. The smallest absolute Gasteiger partial charge is 0.325 e. The lowest BCUT2D eigenvalue weighted by Gasteiger charge is -2.18. The molecule has 1 aromatic heterocycles. The van der Waals surface area contributed by atoms with Gasteiger partial charge in [-0.05, 0) is 36.0 Å². The summed E-state index contributed by atoms with van der Waals surface area (Å²) >= 11 is -0.389. The fourth-order valence-electron chi connectivity index (χ4n) is 2.11. The zero-order chi connectivity index (χ0) is 20.5. The average molecular weight is 433 g/mol. The number of alkyl halides is 6. The average Bonchev–Trinajstić information content (AvgIpc) is 2.91. The minimum absolute atomic E-state index is 0.123. The maximum absolute atomic E-state index is 12.5. The molecule has 0 radical (unpaired) electrons. The Morgan fingerprint density at radius 2 is 1.70 bits per heavy atom. The summed E-state index contributed by atoms with van der Waals surface area (Å²) in [5.41, 5.74) is -4.51. The Bertz CT molecular complexity index is 875. The standard InChI is InChI=1S/C14H13F6N3O2S2/c1-22(8-12-21-6-7-23(12)9-13(15,16)17)27(24,25)11-4-2-10(3-5-11)26-14(18,19)20/h2-7H,8-9H2,1H3. The highest BCUT2D eigenvalue weighted by Gasteiger charge is 2.31. The predicted octanol–water partition coefficient (Wildman–Crippen LogP) is 3.88. The Kier molecular flexibility index (Phi) is 6.16. The van der Waals surface area contributed by atoms with Crippen LogP contribution in [0.4, 0.5) is 26.3 Å². The first kappa shape index (κ1) is 21.6. The molecule has 0 N–H and O–H groups in total. The Labute approximate surface area is 155 Å². The summed E-state index contributed by atoms with van der Waals surface area (Å²) in [4.78, 5) is 3.25. The van der Waals surface area contributed by atoms with E-state index in [1.54, 1.807) is 0 Å². The van der Waals surface area contributed by atoms with E-state index in [4.69, 9.17) is 0 Å². The number of nitrogens with zero attached hydrogens (tertiary/aromatic N) is 3. The summed E-state index contributed by atoms with van der Waals surface area (Å²) in [6.07, 6.45) is -2.31. The van der Waals surface area contributed by atoms with E-state index >= 15 is 0 Å². The Morgan fingerprint density at radius 1 is 1.11 bits per heavy atom. The zero-order valence-electron chi connectivity index (χ0n) is 13.6. The number of halogens is 6. The van der Waals surface area contributed by atoms with Crippen molar-refractivity contribution < 1.29 is 34.8 Å². The summed E-state index contributed by atoms with van der Waals surface area (Å²) in [6.45, 7) is -1.76. The molecule has 5 nitrogen and oxygen atoms in total. The van der Waals surface area contributed by atoms with Crippen molar-refractivity contribution in [1.82, 2.24) is 13.9 Å². The topological polar surface area (TPSA) is 55.2 Å². The summed E-state index contributed by atoms with van der Waals surface area (Å²) in [5, 5.41) is 0. The second-order valence-corrected chi connectivity index (χ2v) is 8.55. The van der Waals surface area contributed by atoms with Crippen LogP contribution in [-0.2, 0) is 23.1 Å². The third-order valence-corrected chi connectivity index (χ3v) is 5.84. The van der Waals surface area contributed by atoms with Crippen LogP contribution in [0.5, 0.6) is 0 Å². The molecule has 150 valence electrons. The van der Waals surface area contributed by atoms with Crippen LogP contribution in [0.3, 0.4) is 0 Å². The van der Waals surface area contributed by atoms with Crippen LogP contribution >= 0.6 is 11.8 Å². The van der Waals surface area contributed by atoms with Gasteiger partial charge in [-0.15, -0.1) is 0 Å². The summed E-state index contributed by atoms with van der Waals surface area (Å²) < 4.78 is 101. The second-order valence-electron chi connectivity index (χ2n) is 5.37. The largest absolute Gasteiger partial charge is 0.446 e. The second kappa shape index (κ2) is 7.72. The van der Waals surface area contributed by atoms with Crippen LogP contribution < -0.4 is 0 Å².